The van der Waals surface area contributed by atoms with Crippen molar-refractivity contribution in [3.8, 4) is 0 Å². The van der Waals surface area contributed by atoms with E-state index in [1.165, 1.54) is 25.7 Å². The van der Waals surface area contributed by atoms with Crippen LogP contribution in [0, 0.1) is 0 Å². The predicted molar refractivity (Wildman–Crippen MR) is 71.6 cm³/mol. The normalized spacial score (nSPS) is 24.7. The number of rotatable bonds is 4. The highest BCUT2D eigenvalue weighted by molar-refractivity contribution is 5.68. The van der Waals surface area contributed by atoms with Gasteiger partial charge in [0.2, 0.25) is 0 Å². The Bertz CT molecular complexity index is 269. The van der Waals surface area contributed by atoms with Crippen LogP contribution in [-0.2, 0) is 4.74 Å². The number of carbonyl (C=O) groups excluding carboxylic acids is 1. The van der Waals surface area contributed by atoms with E-state index in [9.17, 15) is 4.79 Å². The Morgan fingerprint density at radius 2 is 2.00 bits per heavy atom. The minimum Gasteiger partial charge on any atom is -0.446 e. The Labute approximate surface area is 110 Å². The van der Waals surface area contributed by atoms with E-state index >= 15 is 0 Å². The molecule has 0 aromatic heterocycles. The first-order valence-corrected chi connectivity index (χ1v) is 7.37. The molecule has 18 heavy (non-hydrogen) atoms. The first kappa shape index (κ1) is 13.7. The number of hydrogen-bond acceptors (Lipinski definition) is 3. The van der Waals surface area contributed by atoms with Crippen LogP contribution in [-0.4, -0.2) is 42.3 Å². The average Bonchev–Trinajstić information content (AvgIpc) is 2.97. The molecule has 4 heteroatoms. The lowest BCUT2D eigenvalue weighted by Gasteiger charge is -2.29. The zero-order valence-electron chi connectivity index (χ0n) is 11.7. The van der Waals surface area contributed by atoms with Gasteiger partial charge in [-0.1, -0.05) is 0 Å². The monoisotopic (exact) mass is 254 g/mol. The van der Waals surface area contributed by atoms with E-state index < -0.39 is 0 Å². The molecule has 0 bridgehead atoms. The van der Waals surface area contributed by atoms with Crippen LogP contribution in [0.1, 0.15) is 52.4 Å². The number of carbonyl (C=O) groups is 1. The van der Waals surface area contributed by atoms with E-state index in [0.29, 0.717) is 6.04 Å². The highest BCUT2D eigenvalue weighted by atomic mass is 16.6. The third-order valence-electron chi connectivity index (χ3n) is 4.01. The van der Waals surface area contributed by atoms with Crippen LogP contribution >= 0.6 is 0 Å². The van der Waals surface area contributed by atoms with Crippen LogP contribution in [0.25, 0.3) is 0 Å². The highest BCUT2D eigenvalue weighted by Crippen LogP contribution is 2.22. The van der Waals surface area contributed by atoms with Gasteiger partial charge in [-0.25, -0.2) is 4.79 Å². The largest absolute Gasteiger partial charge is 0.446 e. The summed E-state index contributed by atoms with van der Waals surface area (Å²) in [6.07, 6.45) is 6.90. The summed E-state index contributed by atoms with van der Waals surface area (Å²) >= 11 is 0. The Balaban J connectivity index is 1.84. The molecule has 2 fully saturated rings. The third-order valence-corrected chi connectivity index (χ3v) is 4.01. The third kappa shape index (κ3) is 3.61. The van der Waals surface area contributed by atoms with Crippen molar-refractivity contribution in [1.29, 1.82) is 0 Å². The Hall–Kier alpha value is -0.770. The van der Waals surface area contributed by atoms with Gasteiger partial charge < -0.3 is 15.0 Å². The van der Waals surface area contributed by atoms with Gasteiger partial charge in [0.05, 0.1) is 0 Å². The van der Waals surface area contributed by atoms with E-state index in [4.69, 9.17) is 4.74 Å². The van der Waals surface area contributed by atoms with Gasteiger partial charge in [-0.3, -0.25) is 0 Å². The van der Waals surface area contributed by atoms with Crippen LogP contribution in [0.2, 0.25) is 0 Å². The minimum atomic E-state index is -0.120. The van der Waals surface area contributed by atoms with Crippen molar-refractivity contribution in [2.24, 2.45) is 0 Å². The molecule has 2 rings (SSSR count). The molecule has 1 N–H and O–H groups in total. The van der Waals surface area contributed by atoms with Crippen molar-refractivity contribution in [2.45, 2.75) is 70.6 Å². The van der Waals surface area contributed by atoms with Crippen LogP contribution in [0.5, 0.6) is 0 Å². The van der Waals surface area contributed by atoms with Gasteiger partial charge in [0.25, 0.3) is 0 Å². The highest BCUT2D eigenvalue weighted by Gasteiger charge is 2.27. The molecule has 1 amide bonds. The van der Waals surface area contributed by atoms with E-state index in [-0.39, 0.29) is 18.2 Å². The summed E-state index contributed by atoms with van der Waals surface area (Å²) in [5.41, 5.74) is 0. The molecule has 1 saturated carbocycles. The van der Waals surface area contributed by atoms with Gasteiger partial charge in [-0.05, 0) is 58.9 Å². The SMILES string of the molecule is CC(C)N(CC1CCCN1)C(=O)OC1CCCC1. The summed E-state index contributed by atoms with van der Waals surface area (Å²) in [4.78, 5) is 14.1. The topological polar surface area (TPSA) is 41.6 Å². The Morgan fingerprint density at radius 3 is 2.56 bits per heavy atom. The Kier molecular flexibility index (Phi) is 4.87. The van der Waals surface area contributed by atoms with Gasteiger partial charge in [-0.15, -0.1) is 0 Å². The smallest absolute Gasteiger partial charge is 0.410 e. The van der Waals surface area contributed by atoms with Crippen molar-refractivity contribution < 1.29 is 9.53 Å². The molecular weight excluding hydrogens is 228 g/mol. The maximum atomic E-state index is 12.2. The molecule has 0 radical (unpaired) electrons. The van der Waals surface area contributed by atoms with Gasteiger partial charge in [0.1, 0.15) is 6.10 Å². The summed E-state index contributed by atoms with van der Waals surface area (Å²) in [6.45, 7) is 5.98. The average molecular weight is 254 g/mol. The molecule has 1 aliphatic carbocycles. The fraction of sp³-hybridized carbons (Fsp3) is 0.929. The zero-order chi connectivity index (χ0) is 13.0. The lowest BCUT2D eigenvalue weighted by atomic mass is 10.2. The van der Waals surface area contributed by atoms with E-state index in [1.54, 1.807) is 0 Å². The van der Waals surface area contributed by atoms with Crippen molar-refractivity contribution in [3.05, 3.63) is 0 Å². The molecule has 1 saturated heterocycles. The fourth-order valence-electron chi connectivity index (χ4n) is 2.86. The number of ether oxygens (including phenoxy) is 1. The molecule has 2 aliphatic rings. The van der Waals surface area contributed by atoms with Gasteiger partial charge in [0, 0.05) is 18.6 Å². The van der Waals surface area contributed by atoms with E-state index in [2.05, 4.69) is 19.2 Å². The van der Waals surface area contributed by atoms with Crippen LogP contribution in [0.15, 0.2) is 0 Å². The molecular formula is C14H26N2O2. The molecule has 4 nitrogen and oxygen atoms in total. The molecule has 1 unspecified atom stereocenters. The van der Waals surface area contributed by atoms with E-state index in [0.717, 1.165) is 25.9 Å². The summed E-state index contributed by atoms with van der Waals surface area (Å²) in [6, 6.07) is 0.657. The standard InChI is InChI=1S/C14H26N2O2/c1-11(2)16(10-12-6-5-9-15-12)14(17)18-13-7-3-4-8-13/h11-13,15H,3-10H2,1-2H3. The second kappa shape index (κ2) is 6.41. The van der Waals surface area contributed by atoms with Crippen LogP contribution in [0.4, 0.5) is 4.79 Å². The number of nitrogens with zero attached hydrogens (tertiary/aromatic N) is 1. The number of amides is 1. The van der Waals surface area contributed by atoms with E-state index in [1.807, 2.05) is 4.90 Å². The quantitative estimate of drug-likeness (QED) is 0.838. The molecule has 0 spiro atoms. The van der Waals surface area contributed by atoms with Crippen LogP contribution < -0.4 is 5.32 Å². The second-order valence-corrected chi connectivity index (χ2v) is 5.83. The van der Waals surface area contributed by atoms with Crippen molar-refractivity contribution in [3.63, 3.8) is 0 Å². The van der Waals surface area contributed by atoms with Gasteiger partial charge >= 0.3 is 6.09 Å². The molecule has 104 valence electrons. The molecule has 1 atom stereocenters. The lowest BCUT2D eigenvalue weighted by molar-refractivity contribution is 0.0547. The minimum absolute atomic E-state index is 0.120. The maximum absolute atomic E-state index is 12.2. The summed E-state index contributed by atoms with van der Waals surface area (Å²) in [7, 11) is 0. The fourth-order valence-corrected chi connectivity index (χ4v) is 2.86. The second-order valence-electron chi connectivity index (χ2n) is 5.83. The zero-order valence-corrected chi connectivity index (χ0v) is 11.7. The number of hydrogen-bond donors (Lipinski definition) is 1. The molecule has 1 aliphatic heterocycles. The van der Waals surface area contributed by atoms with Gasteiger partial charge in [0.15, 0.2) is 0 Å². The first-order chi connectivity index (χ1) is 8.66. The summed E-state index contributed by atoms with van der Waals surface area (Å²) in [5, 5.41) is 3.44. The van der Waals surface area contributed by atoms with Gasteiger partial charge in [-0.2, -0.15) is 0 Å². The summed E-state index contributed by atoms with van der Waals surface area (Å²) in [5.74, 6) is 0. The first-order valence-electron chi connectivity index (χ1n) is 7.37. The molecule has 0 aromatic carbocycles. The maximum Gasteiger partial charge on any atom is 0.410 e. The van der Waals surface area contributed by atoms with Crippen molar-refractivity contribution in [2.75, 3.05) is 13.1 Å². The van der Waals surface area contributed by atoms with Crippen molar-refractivity contribution >= 4 is 6.09 Å². The molecule has 1 heterocycles. The Morgan fingerprint density at radius 1 is 1.28 bits per heavy atom. The van der Waals surface area contributed by atoms with Crippen molar-refractivity contribution in [1.82, 2.24) is 10.2 Å². The number of nitrogens with one attached hydrogen (secondary N) is 1. The van der Waals surface area contributed by atoms with Crippen LogP contribution in [0.3, 0.4) is 0 Å². The lowest BCUT2D eigenvalue weighted by Crippen LogP contribution is -2.45. The summed E-state index contributed by atoms with van der Waals surface area (Å²) < 4.78 is 5.60. The predicted octanol–water partition coefficient (Wildman–Crippen LogP) is 2.53. The molecule has 0 aromatic rings.